The molecule has 0 radical (unpaired) electrons. The first-order valence-corrected chi connectivity index (χ1v) is 6.85. The summed E-state index contributed by atoms with van der Waals surface area (Å²) in [4.78, 5) is 0. The molecule has 0 aliphatic heterocycles. The van der Waals surface area contributed by atoms with E-state index in [4.69, 9.17) is 14.6 Å². The van der Waals surface area contributed by atoms with Crippen molar-refractivity contribution in [3.63, 3.8) is 0 Å². The molecule has 0 heterocycles. The molecule has 0 saturated carbocycles. The Balaban J connectivity index is 2.32. The highest BCUT2D eigenvalue weighted by Crippen LogP contribution is 2.32. The number of aliphatic hydroxyl groups is 1. The van der Waals surface area contributed by atoms with E-state index in [1.165, 1.54) is 0 Å². The van der Waals surface area contributed by atoms with E-state index in [1.54, 1.807) is 0 Å². The van der Waals surface area contributed by atoms with Gasteiger partial charge < -0.3 is 14.6 Å². The number of ether oxygens (including phenoxy) is 2. The monoisotopic (exact) mass is 272 g/mol. The lowest BCUT2D eigenvalue weighted by Gasteiger charge is -2.14. The minimum Gasteiger partial charge on any atom is -0.493 e. The lowest BCUT2D eigenvalue weighted by atomic mass is 9.99. The predicted molar refractivity (Wildman–Crippen MR) is 79.8 cm³/mol. The van der Waals surface area contributed by atoms with Crippen LogP contribution in [0.15, 0.2) is 48.5 Å². The van der Waals surface area contributed by atoms with E-state index in [-0.39, 0.29) is 6.61 Å². The maximum Gasteiger partial charge on any atom is 0.127 e. The van der Waals surface area contributed by atoms with Gasteiger partial charge in [0.25, 0.3) is 0 Å². The summed E-state index contributed by atoms with van der Waals surface area (Å²) in [7, 11) is 0. The Kier molecular flexibility index (Phi) is 5.59. The average molecular weight is 272 g/mol. The van der Waals surface area contributed by atoms with Crippen molar-refractivity contribution >= 4 is 0 Å². The molecule has 0 aliphatic carbocycles. The molecular formula is C17H20O3. The van der Waals surface area contributed by atoms with Crippen molar-refractivity contribution in [2.45, 2.75) is 13.5 Å². The molecule has 0 unspecified atom stereocenters. The Morgan fingerprint density at radius 1 is 0.950 bits per heavy atom. The van der Waals surface area contributed by atoms with Crippen LogP contribution in [0.1, 0.15) is 12.5 Å². The molecule has 2 aromatic carbocycles. The Labute approximate surface area is 119 Å². The molecule has 0 bridgehead atoms. The van der Waals surface area contributed by atoms with Crippen molar-refractivity contribution in [3.8, 4) is 16.9 Å². The van der Waals surface area contributed by atoms with Gasteiger partial charge in [0.1, 0.15) is 5.75 Å². The number of rotatable bonds is 7. The van der Waals surface area contributed by atoms with Gasteiger partial charge in [-0.15, -0.1) is 0 Å². The van der Waals surface area contributed by atoms with Crippen molar-refractivity contribution in [3.05, 3.63) is 54.1 Å². The molecule has 20 heavy (non-hydrogen) atoms. The van der Waals surface area contributed by atoms with E-state index in [9.17, 15) is 0 Å². The van der Waals surface area contributed by atoms with E-state index in [2.05, 4.69) is 12.1 Å². The fraction of sp³-hybridized carbons (Fsp3) is 0.294. The molecule has 2 aromatic rings. The summed E-state index contributed by atoms with van der Waals surface area (Å²) < 4.78 is 11.1. The number of benzene rings is 2. The van der Waals surface area contributed by atoms with Crippen molar-refractivity contribution in [2.24, 2.45) is 0 Å². The van der Waals surface area contributed by atoms with Crippen molar-refractivity contribution in [1.29, 1.82) is 0 Å². The van der Waals surface area contributed by atoms with Crippen LogP contribution in [0.5, 0.6) is 5.75 Å². The summed E-state index contributed by atoms with van der Waals surface area (Å²) in [6.45, 7) is 3.49. The highest BCUT2D eigenvalue weighted by molar-refractivity contribution is 5.73. The first-order valence-electron chi connectivity index (χ1n) is 6.85. The van der Waals surface area contributed by atoms with Gasteiger partial charge in [0, 0.05) is 5.56 Å². The predicted octanol–water partition coefficient (Wildman–Crippen LogP) is 3.26. The maximum atomic E-state index is 8.80. The lowest BCUT2D eigenvalue weighted by molar-refractivity contribution is 0.0818. The molecule has 1 N–H and O–H groups in total. The molecule has 0 atom stereocenters. The van der Waals surface area contributed by atoms with Gasteiger partial charge in [-0.05, 0) is 24.1 Å². The number of hydrogen-bond acceptors (Lipinski definition) is 3. The highest BCUT2D eigenvalue weighted by atomic mass is 16.5. The van der Waals surface area contributed by atoms with Crippen molar-refractivity contribution in [2.75, 3.05) is 19.8 Å². The molecule has 0 spiro atoms. The topological polar surface area (TPSA) is 38.7 Å². The van der Waals surface area contributed by atoms with Crippen LogP contribution < -0.4 is 4.74 Å². The second-order valence-electron chi connectivity index (χ2n) is 4.36. The summed E-state index contributed by atoms with van der Waals surface area (Å²) >= 11 is 0. The fourth-order valence-electron chi connectivity index (χ4n) is 2.13. The molecule has 2 rings (SSSR count). The maximum absolute atomic E-state index is 8.80. The van der Waals surface area contributed by atoms with E-state index >= 15 is 0 Å². The molecule has 3 nitrogen and oxygen atoms in total. The standard InChI is InChI=1S/C17H20O3/c1-2-20-17-10-6-5-9-16(17)15-8-4-3-7-14(15)13-19-12-11-18/h3-10,18H,2,11-13H2,1H3. The summed E-state index contributed by atoms with van der Waals surface area (Å²) in [5.74, 6) is 0.879. The van der Waals surface area contributed by atoms with Gasteiger partial charge in [-0.25, -0.2) is 0 Å². The molecule has 3 heteroatoms. The Morgan fingerprint density at radius 2 is 1.65 bits per heavy atom. The highest BCUT2D eigenvalue weighted by Gasteiger charge is 2.09. The minimum atomic E-state index is 0.0394. The quantitative estimate of drug-likeness (QED) is 0.786. The third kappa shape index (κ3) is 3.59. The van der Waals surface area contributed by atoms with Crippen LogP contribution >= 0.6 is 0 Å². The third-order valence-electron chi connectivity index (χ3n) is 2.99. The fourth-order valence-corrected chi connectivity index (χ4v) is 2.13. The Hall–Kier alpha value is -1.84. The summed E-state index contributed by atoms with van der Waals surface area (Å²) in [5, 5.41) is 8.80. The molecular weight excluding hydrogens is 252 g/mol. The summed E-state index contributed by atoms with van der Waals surface area (Å²) in [6.07, 6.45) is 0. The van der Waals surface area contributed by atoms with E-state index < -0.39 is 0 Å². The lowest BCUT2D eigenvalue weighted by Crippen LogP contribution is -2.01. The Morgan fingerprint density at radius 3 is 2.40 bits per heavy atom. The van der Waals surface area contributed by atoms with Crippen LogP contribution in [0, 0.1) is 0 Å². The van der Waals surface area contributed by atoms with Crippen molar-refractivity contribution in [1.82, 2.24) is 0 Å². The van der Waals surface area contributed by atoms with Gasteiger partial charge in [0.2, 0.25) is 0 Å². The second kappa shape index (κ2) is 7.68. The first-order chi connectivity index (χ1) is 9.86. The van der Waals surface area contributed by atoms with Crippen LogP contribution in [-0.4, -0.2) is 24.9 Å². The van der Waals surface area contributed by atoms with Crippen LogP contribution in [-0.2, 0) is 11.3 Å². The van der Waals surface area contributed by atoms with Crippen LogP contribution in [0.2, 0.25) is 0 Å². The van der Waals surface area contributed by atoms with Gasteiger partial charge in [-0.3, -0.25) is 0 Å². The van der Waals surface area contributed by atoms with Gasteiger partial charge >= 0.3 is 0 Å². The molecule has 0 saturated heterocycles. The van der Waals surface area contributed by atoms with Crippen LogP contribution in [0.3, 0.4) is 0 Å². The smallest absolute Gasteiger partial charge is 0.127 e. The van der Waals surface area contributed by atoms with Gasteiger partial charge in [-0.1, -0.05) is 42.5 Å². The zero-order valence-electron chi connectivity index (χ0n) is 11.7. The van der Waals surface area contributed by atoms with Gasteiger partial charge in [0.05, 0.1) is 26.4 Å². The van der Waals surface area contributed by atoms with Gasteiger partial charge in [0.15, 0.2) is 0 Å². The Bertz CT molecular complexity index is 537. The third-order valence-corrected chi connectivity index (χ3v) is 2.99. The van der Waals surface area contributed by atoms with Gasteiger partial charge in [-0.2, -0.15) is 0 Å². The zero-order valence-corrected chi connectivity index (χ0v) is 11.7. The van der Waals surface area contributed by atoms with Crippen LogP contribution in [0.25, 0.3) is 11.1 Å². The van der Waals surface area contributed by atoms with E-state index in [0.29, 0.717) is 19.8 Å². The number of para-hydroxylation sites is 1. The second-order valence-corrected chi connectivity index (χ2v) is 4.36. The van der Waals surface area contributed by atoms with E-state index in [1.807, 2.05) is 43.3 Å². The molecule has 0 aliphatic rings. The average Bonchev–Trinajstić information content (AvgIpc) is 2.49. The molecule has 0 aromatic heterocycles. The number of aliphatic hydroxyl groups excluding tert-OH is 1. The van der Waals surface area contributed by atoms with Crippen molar-refractivity contribution < 1.29 is 14.6 Å². The molecule has 0 fully saturated rings. The normalized spacial score (nSPS) is 10.5. The SMILES string of the molecule is CCOc1ccccc1-c1ccccc1COCCO. The largest absolute Gasteiger partial charge is 0.493 e. The summed E-state index contributed by atoms with van der Waals surface area (Å²) in [5.41, 5.74) is 3.26. The first kappa shape index (κ1) is 14.6. The molecule has 0 amide bonds. The number of hydrogen-bond donors (Lipinski definition) is 1. The zero-order chi connectivity index (χ0) is 14.2. The summed E-state index contributed by atoms with van der Waals surface area (Å²) in [6, 6.07) is 16.1. The molecule has 106 valence electrons. The van der Waals surface area contributed by atoms with E-state index in [0.717, 1.165) is 22.4 Å². The minimum absolute atomic E-state index is 0.0394. The van der Waals surface area contributed by atoms with Crippen LogP contribution in [0.4, 0.5) is 0 Å².